The molecule has 1 rings (SSSR count). The number of carboxylic acid groups (broad SMARTS) is 1. The third-order valence-electron chi connectivity index (χ3n) is 2.25. The highest BCUT2D eigenvalue weighted by atomic mass is 35.5. The second-order valence-electron chi connectivity index (χ2n) is 3.82. The Hall–Kier alpha value is -1.27. The molecule has 0 unspecified atom stereocenters. The molecule has 4 nitrogen and oxygen atoms in total. The summed E-state index contributed by atoms with van der Waals surface area (Å²) in [6.45, 7) is 1.25. The van der Waals surface area contributed by atoms with Crippen LogP contribution in [0.15, 0.2) is 18.2 Å². The summed E-state index contributed by atoms with van der Waals surface area (Å²) in [6.07, 6.45) is 0. The van der Waals surface area contributed by atoms with Crippen LogP contribution < -0.4 is 5.32 Å². The molecule has 1 amide bonds. The van der Waals surface area contributed by atoms with E-state index in [1.54, 1.807) is 12.1 Å². The van der Waals surface area contributed by atoms with E-state index in [1.165, 1.54) is 24.8 Å². The fraction of sp³-hybridized carbons (Fsp3) is 0.333. The van der Waals surface area contributed by atoms with Gasteiger partial charge in [-0.2, -0.15) is 11.8 Å². The molecule has 0 bridgehead atoms. The number of nitrogens with one attached hydrogen (secondary N) is 1. The van der Waals surface area contributed by atoms with E-state index in [-0.39, 0.29) is 16.5 Å². The van der Waals surface area contributed by atoms with Crippen molar-refractivity contribution in [1.82, 2.24) is 5.32 Å². The van der Waals surface area contributed by atoms with Gasteiger partial charge in [0.1, 0.15) is 11.9 Å². The van der Waals surface area contributed by atoms with Crippen molar-refractivity contribution in [3.05, 3.63) is 34.6 Å². The van der Waals surface area contributed by atoms with Gasteiger partial charge in [-0.05, 0) is 11.6 Å². The van der Waals surface area contributed by atoms with E-state index in [2.05, 4.69) is 5.32 Å². The summed E-state index contributed by atoms with van der Waals surface area (Å²) in [4.78, 5) is 21.7. The number of carboxylic acids is 1. The van der Waals surface area contributed by atoms with Gasteiger partial charge in [0.25, 0.3) is 0 Å². The van der Waals surface area contributed by atoms with Crippen molar-refractivity contribution in [2.75, 3.05) is 5.75 Å². The van der Waals surface area contributed by atoms with E-state index in [9.17, 15) is 14.0 Å². The lowest BCUT2D eigenvalue weighted by molar-refractivity contribution is -0.140. The minimum Gasteiger partial charge on any atom is -0.480 e. The van der Waals surface area contributed by atoms with E-state index in [0.29, 0.717) is 5.56 Å². The number of thioether (sulfide) groups is 1. The first kappa shape index (κ1) is 15.8. The number of rotatable bonds is 6. The van der Waals surface area contributed by atoms with Crippen molar-refractivity contribution < 1.29 is 19.1 Å². The maximum atomic E-state index is 13.6. The van der Waals surface area contributed by atoms with Gasteiger partial charge >= 0.3 is 5.97 Å². The van der Waals surface area contributed by atoms with E-state index in [0.717, 1.165) is 0 Å². The van der Waals surface area contributed by atoms with Crippen molar-refractivity contribution in [3.8, 4) is 0 Å². The predicted molar refractivity (Wildman–Crippen MR) is 72.8 cm³/mol. The molecule has 0 aliphatic carbocycles. The van der Waals surface area contributed by atoms with Gasteiger partial charge in [0.05, 0.1) is 5.02 Å². The van der Waals surface area contributed by atoms with Crippen molar-refractivity contribution in [2.24, 2.45) is 0 Å². The molecule has 0 aromatic heterocycles. The molecule has 0 radical (unpaired) electrons. The summed E-state index contributed by atoms with van der Waals surface area (Å²) < 4.78 is 13.6. The topological polar surface area (TPSA) is 66.4 Å². The third-order valence-corrected chi connectivity index (χ3v) is 3.63. The van der Waals surface area contributed by atoms with Crippen molar-refractivity contribution >= 4 is 35.2 Å². The summed E-state index contributed by atoms with van der Waals surface area (Å²) in [5.74, 6) is -1.59. The molecule has 2 N–H and O–H groups in total. The second kappa shape index (κ2) is 7.35. The molecule has 0 fully saturated rings. The SMILES string of the molecule is CC(=O)N[C@@H](CSCc1cccc(Cl)c1F)C(=O)O. The number of carbonyl (C=O) groups excluding carboxylic acids is 1. The smallest absolute Gasteiger partial charge is 0.327 e. The molecular weight excluding hydrogens is 293 g/mol. The van der Waals surface area contributed by atoms with Crippen LogP contribution in [0, 0.1) is 5.82 Å². The fourth-order valence-corrected chi connectivity index (χ4v) is 2.58. The highest BCUT2D eigenvalue weighted by Crippen LogP contribution is 2.22. The first-order valence-corrected chi connectivity index (χ1v) is 6.95. The molecule has 0 aliphatic rings. The van der Waals surface area contributed by atoms with Crippen LogP contribution in [0.2, 0.25) is 5.02 Å². The molecule has 1 aromatic rings. The molecule has 1 atom stereocenters. The van der Waals surface area contributed by atoms with Crippen molar-refractivity contribution in [1.29, 1.82) is 0 Å². The molecule has 0 heterocycles. The molecule has 104 valence electrons. The summed E-state index contributed by atoms with van der Waals surface area (Å²) in [5.41, 5.74) is 0.407. The van der Waals surface area contributed by atoms with Gasteiger partial charge in [-0.15, -0.1) is 0 Å². The highest BCUT2D eigenvalue weighted by Gasteiger charge is 2.18. The van der Waals surface area contributed by atoms with Gasteiger partial charge in [-0.1, -0.05) is 23.7 Å². The van der Waals surface area contributed by atoms with Gasteiger partial charge < -0.3 is 10.4 Å². The van der Waals surface area contributed by atoms with E-state index in [4.69, 9.17) is 16.7 Å². The minimum absolute atomic E-state index is 0.0368. The summed E-state index contributed by atoms with van der Waals surface area (Å²) in [6, 6.07) is 3.68. The van der Waals surface area contributed by atoms with Crippen molar-refractivity contribution in [2.45, 2.75) is 18.7 Å². The number of hydrogen-bond donors (Lipinski definition) is 2. The maximum absolute atomic E-state index is 13.6. The van der Waals surface area contributed by atoms with Crippen LogP contribution in [0.5, 0.6) is 0 Å². The molecular formula is C12H13ClFNO3S. The molecule has 0 spiro atoms. The Labute approximate surface area is 119 Å². The first-order chi connectivity index (χ1) is 8.91. The Morgan fingerprint density at radius 1 is 1.53 bits per heavy atom. The Morgan fingerprint density at radius 3 is 2.79 bits per heavy atom. The number of hydrogen-bond acceptors (Lipinski definition) is 3. The summed E-state index contributed by atoms with van der Waals surface area (Å²) in [5, 5.41) is 11.2. The molecule has 1 aromatic carbocycles. The average Bonchev–Trinajstić information content (AvgIpc) is 2.32. The van der Waals surface area contributed by atoms with Crippen LogP contribution >= 0.6 is 23.4 Å². The first-order valence-electron chi connectivity index (χ1n) is 5.42. The Balaban J connectivity index is 2.54. The standard InChI is InChI=1S/C12H13ClFNO3S/c1-7(16)15-10(12(17)18)6-19-5-8-3-2-4-9(13)11(8)14/h2-4,10H,5-6H2,1H3,(H,15,16)(H,17,18)/t10-/m0/s1. The van der Waals surface area contributed by atoms with Crippen LogP contribution in [-0.4, -0.2) is 28.8 Å². The lowest BCUT2D eigenvalue weighted by Gasteiger charge is -2.12. The lowest BCUT2D eigenvalue weighted by atomic mass is 10.2. The quantitative estimate of drug-likeness (QED) is 0.846. The summed E-state index contributed by atoms with van der Waals surface area (Å²) >= 11 is 6.85. The Kier molecular flexibility index (Phi) is 6.11. The van der Waals surface area contributed by atoms with Crippen LogP contribution in [0.4, 0.5) is 4.39 Å². The average molecular weight is 306 g/mol. The van der Waals surface area contributed by atoms with Crippen LogP contribution in [0.3, 0.4) is 0 Å². The predicted octanol–water partition coefficient (Wildman–Crippen LogP) is 2.30. The highest BCUT2D eigenvalue weighted by molar-refractivity contribution is 7.98. The number of aliphatic carboxylic acids is 1. The number of halogens is 2. The second-order valence-corrected chi connectivity index (χ2v) is 5.26. The normalized spacial score (nSPS) is 11.9. The molecule has 0 aliphatic heterocycles. The van der Waals surface area contributed by atoms with E-state index < -0.39 is 23.7 Å². The largest absolute Gasteiger partial charge is 0.480 e. The van der Waals surface area contributed by atoms with E-state index in [1.807, 2.05) is 0 Å². The Bertz CT molecular complexity index is 484. The molecule has 7 heteroatoms. The van der Waals surface area contributed by atoms with Crippen LogP contribution in [0.25, 0.3) is 0 Å². The maximum Gasteiger partial charge on any atom is 0.327 e. The summed E-state index contributed by atoms with van der Waals surface area (Å²) in [7, 11) is 0. The number of carbonyl (C=O) groups is 2. The van der Waals surface area contributed by atoms with Gasteiger partial charge in [0, 0.05) is 18.4 Å². The monoisotopic (exact) mass is 305 g/mol. The van der Waals surface area contributed by atoms with Gasteiger partial charge in [-0.25, -0.2) is 9.18 Å². The zero-order valence-corrected chi connectivity index (χ0v) is 11.7. The third kappa shape index (κ3) is 5.08. The minimum atomic E-state index is -1.12. The van der Waals surface area contributed by atoms with Crippen molar-refractivity contribution in [3.63, 3.8) is 0 Å². The van der Waals surface area contributed by atoms with Gasteiger partial charge in [0.2, 0.25) is 5.91 Å². The molecule has 0 saturated carbocycles. The zero-order chi connectivity index (χ0) is 14.4. The Morgan fingerprint density at radius 2 is 2.21 bits per heavy atom. The van der Waals surface area contributed by atoms with Crippen LogP contribution in [-0.2, 0) is 15.3 Å². The molecule has 0 saturated heterocycles. The fourth-order valence-electron chi connectivity index (χ4n) is 1.37. The molecule has 19 heavy (non-hydrogen) atoms. The zero-order valence-electron chi connectivity index (χ0n) is 10.2. The van der Waals surface area contributed by atoms with Crippen LogP contribution in [0.1, 0.15) is 12.5 Å². The number of amides is 1. The van der Waals surface area contributed by atoms with E-state index >= 15 is 0 Å². The number of benzene rings is 1. The lowest BCUT2D eigenvalue weighted by Crippen LogP contribution is -2.41. The van der Waals surface area contributed by atoms with Gasteiger partial charge in [0.15, 0.2) is 0 Å². The van der Waals surface area contributed by atoms with Gasteiger partial charge in [-0.3, -0.25) is 4.79 Å².